The second kappa shape index (κ2) is 37.1. The standard InChI is InChI=1S/C6H5.2C2H6O.C2H5.Ti/c1-2-4-6-5-3-1;2*1-2-3;1-2;/h1-5H;2*3H,2H2,1H3;1H2,2H3;/q-1;;;-1;+2. The zero-order valence-electron chi connectivity index (χ0n) is 9.90. The van der Waals surface area contributed by atoms with Crippen LogP contribution in [0.15, 0.2) is 30.3 Å². The van der Waals surface area contributed by atoms with E-state index in [1.807, 2.05) is 30.3 Å². The van der Waals surface area contributed by atoms with Gasteiger partial charge in [-0.25, -0.2) is 0 Å². The van der Waals surface area contributed by atoms with E-state index in [9.17, 15) is 0 Å². The quantitative estimate of drug-likeness (QED) is 0.544. The predicted molar refractivity (Wildman–Crippen MR) is 61.8 cm³/mol. The summed E-state index contributed by atoms with van der Waals surface area (Å²) >= 11 is 0. The fraction of sp³-hybridized carbons (Fsp3) is 0.417. The largest absolute Gasteiger partial charge is 2.00 e. The van der Waals surface area contributed by atoms with Gasteiger partial charge in [-0.05, 0) is 13.8 Å². The third-order valence-electron chi connectivity index (χ3n) is 0.607. The molecular weight excluding hydrogens is 224 g/mol. The van der Waals surface area contributed by atoms with Gasteiger partial charge in [0.25, 0.3) is 0 Å². The van der Waals surface area contributed by atoms with Gasteiger partial charge in [0.15, 0.2) is 0 Å². The van der Waals surface area contributed by atoms with Gasteiger partial charge < -0.3 is 17.1 Å². The molecule has 0 aliphatic carbocycles. The van der Waals surface area contributed by atoms with E-state index in [1.165, 1.54) is 0 Å². The Bertz CT molecular complexity index is 106. The molecule has 0 fully saturated rings. The van der Waals surface area contributed by atoms with E-state index >= 15 is 0 Å². The van der Waals surface area contributed by atoms with Crippen LogP contribution in [0.1, 0.15) is 20.8 Å². The Morgan fingerprint density at radius 2 is 1.20 bits per heavy atom. The normalized spacial score (nSPS) is 6.00. The molecule has 86 valence electrons. The van der Waals surface area contributed by atoms with Crippen LogP contribution in [0.4, 0.5) is 0 Å². The summed E-state index contributed by atoms with van der Waals surface area (Å²) in [6.45, 7) is 8.86. The van der Waals surface area contributed by atoms with Gasteiger partial charge in [0.05, 0.1) is 0 Å². The molecule has 0 spiro atoms. The van der Waals surface area contributed by atoms with Crippen molar-refractivity contribution in [3.63, 3.8) is 0 Å². The first kappa shape index (κ1) is 24.2. The maximum Gasteiger partial charge on any atom is 2.00 e. The Labute approximate surface area is 109 Å². The van der Waals surface area contributed by atoms with Crippen molar-refractivity contribution in [2.75, 3.05) is 13.2 Å². The first-order chi connectivity index (χ1) is 6.83. The third kappa shape index (κ3) is 56.8. The molecule has 0 atom stereocenters. The smallest absolute Gasteiger partial charge is 0.397 e. The maximum atomic E-state index is 7.57. The van der Waals surface area contributed by atoms with Crippen LogP contribution >= 0.6 is 0 Å². The van der Waals surface area contributed by atoms with Crippen molar-refractivity contribution < 1.29 is 31.9 Å². The van der Waals surface area contributed by atoms with Crippen LogP contribution < -0.4 is 0 Å². The van der Waals surface area contributed by atoms with Crippen LogP contribution in [0.2, 0.25) is 0 Å². The molecule has 1 aromatic carbocycles. The van der Waals surface area contributed by atoms with Crippen LogP contribution in [0.3, 0.4) is 0 Å². The zero-order valence-corrected chi connectivity index (χ0v) is 11.5. The Balaban J connectivity index is -0.0000000592. The molecule has 1 rings (SSSR count). The van der Waals surface area contributed by atoms with Crippen LogP contribution in [0.25, 0.3) is 0 Å². The van der Waals surface area contributed by atoms with Crippen LogP contribution in [-0.2, 0) is 21.7 Å². The van der Waals surface area contributed by atoms with Gasteiger partial charge >= 0.3 is 21.7 Å². The Hall–Kier alpha value is -0.146. The summed E-state index contributed by atoms with van der Waals surface area (Å²) in [4.78, 5) is 0. The summed E-state index contributed by atoms with van der Waals surface area (Å²) < 4.78 is 0. The molecule has 0 saturated heterocycles. The molecule has 15 heavy (non-hydrogen) atoms. The minimum atomic E-state index is 0. The van der Waals surface area contributed by atoms with Crippen molar-refractivity contribution >= 4 is 0 Å². The van der Waals surface area contributed by atoms with E-state index in [0.29, 0.717) is 0 Å². The van der Waals surface area contributed by atoms with Crippen molar-refractivity contribution in [2.45, 2.75) is 20.8 Å². The third-order valence-corrected chi connectivity index (χ3v) is 0.607. The maximum absolute atomic E-state index is 7.57. The van der Waals surface area contributed by atoms with Crippen molar-refractivity contribution in [3.05, 3.63) is 43.3 Å². The Morgan fingerprint density at radius 3 is 1.27 bits per heavy atom. The minimum absolute atomic E-state index is 0. The number of hydrogen-bond donors (Lipinski definition) is 2. The molecule has 3 heteroatoms. The Morgan fingerprint density at radius 1 is 0.933 bits per heavy atom. The summed E-state index contributed by atoms with van der Waals surface area (Å²) in [5.74, 6) is 0. The van der Waals surface area contributed by atoms with Crippen molar-refractivity contribution in [2.24, 2.45) is 0 Å². The number of aliphatic hydroxyl groups is 2. The second-order valence-corrected chi connectivity index (χ2v) is 1.71. The fourth-order valence-electron chi connectivity index (χ4n) is 0.342. The SMILES string of the molecule is CCO.CCO.[CH2-]C.[Ti+2].[c-]1ccccc1. The molecular formula is C12H22O2Ti. The van der Waals surface area contributed by atoms with Gasteiger partial charge in [-0.2, -0.15) is 43.3 Å². The zero-order chi connectivity index (χ0) is 11.7. The molecule has 0 heterocycles. The number of hydrogen-bond acceptors (Lipinski definition) is 2. The van der Waals surface area contributed by atoms with Crippen LogP contribution in [0, 0.1) is 13.0 Å². The van der Waals surface area contributed by atoms with E-state index in [2.05, 4.69) is 13.0 Å². The van der Waals surface area contributed by atoms with Crippen molar-refractivity contribution in [1.29, 1.82) is 0 Å². The molecule has 0 aromatic heterocycles. The first-order valence-corrected chi connectivity index (χ1v) is 4.66. The molecule has 2 N–H and O–H groups in total. The van der Waals surface area contributed by atoms with E-state index in [0.717, 1.165) is 0 Å². The van der Waals surface area contributed by atoms with Crippen LogP contribution in [0.5, 0.6) is 0 Å². The average Bonchev–Trinajstić information content (AvgIpc) is 2.26. The number of aliphatic hydroxyl groups excluding tert-OH is 2. The van der Waals surface area contributed by atoms with Crippen molar-refractivity contribution in [1.82, 2.24) is 0 Å². The molecule has 0 radical (unpaired) electrons. The summed E-state index contributed by atoms with van der Waals surface area (Å²) in [5, 5.41) is 15.1. The average molecular weight is 246 g/mol. The molecule has 0 unspecified atom stereocenters. The van der Waals surface area contributed by atoms with E-state index in [4.69, 9.17) is 10.2 Å². The van der Waals surface area contributed by atoms with Gasteiger partial charge in [0.1, 0.15) is 0 Å². The summed E-state index contributed by atoms with van der Waals surface area (Å²) in [6, 6.07) is 12.5. The van der Waals surface area contributed by atoms with E-state index < -0.39 is 0 Å². The molecule has 0 saturated carbocycles. The van der Waals surface area contributed by atoms with Gasteiger partial charge in [-0.15, -0.1) is 0 Å². The second-order valence-electron chi connectivity index (χ2n) is 1.71. The summed E-state index contributed by atoms with van der Waals surface area (Å²) in [6.07, 6.45) is 0. The van der Waals surface area contributed by atoms with Crippen LogP contribution in [-0.4, -0.2) is 23.4 Å². The molecule has 1 aromatic rings. The molecule has 0 aliphatic rings. The van der Waals surface area contributed by atoms with Gasteiger partial charge in [0.2, 0.25) is 0 Å². The summed E-state index contributed by atoms with van der Waals surface area (Å²) in [5.41, 5.74) is 0. The first-order valence-electron chi connectivity index (χ1n) is 4.66. The van der Waals surface area contributed by atoms with Gasteiger partial charge in [0, 0.05) is 13.2 Å². The molecule has 0 bridgehead atoms. The number of rotatable bonds is 0. The number of benzene rings is 1. The molecule has 0 aliphatic heterocycles. The predicted octanol–water partition coefficient (Wildman–Crippen LogP) is 2.32. The fourth-order valence-corrected chi connectivity index (χ4v) is 0.342. The van der Waals surface area contributed by atoms with Crippen molar-refractivity contribution in [3.8, 4) is 0 Å². The Kier molecular flexibility index (Phi) is 59.9. The molecule has 2 nitrogen and oxygen atoms in total. The van der Waals surface area contributed by atoms with Gasteiger partial charge in [-0.1, -0.05) is 0 Å². The molecule has 0 amide bonds. The summed E-state index contributed by atoms with van der Waals surface area (Å²) in [7, 11) is 0. The minimum Gasteiger partial charge on any atom is -0.397 e. The van der Waals surface area contributed by atoms with Gasteiger partial charge in [-0.3, -0.25) is 0 Å². The monoisotopic (exact) mass is 246 g/mol. The topological polar surface area (TPSA) is 40.5 Å². The van der Waals surface area contributed by atoms with E-state index in [1.54, 1.807) is 20.8 Å². The van der Waals surface area contributed by atoms with E-state index in [-0.39, 0.29) is 34.9 Å².